The van der Waals surface area contributed by atoms with Gasteiger partial charge in [-0.15, -0.1) is 0 Å². The Morgan fingerprint density at radius 3 is 2.55 bits per heavy atom. The van der Waals surface area contributed by atoms with E-state index in [1.54, 1.807) is 0 Å². The molecule has 0 aromatic carbocycles. The summed E-state index contributed by atoms with van der Waals surface area (Å²) in [6, 6.07) is 1.84. The second kappa shape index (κ2) is 7.76. The average molecular weight is 299 g/mol. The van der Waals surface area contributed by atoms with Crippen molar-refractivity contribution in [3.05, 3.63) is 17.0 Å². The lowest BCUT2D eigenvalue weighted by Crippen LogP contribution is -2.47. The summed E-state index contributed by atoms with van der Waals surface area (Å²) in [7, 11) is 0. The molecule has 1 fully saturated rings. The van der Waals surface area contributed by atoms with Crippen LogP contribution in [0.1, 0.15) is 25.1 Å². The van der Waals surface area contributed by atoms with Gasteiger partial charge in [0.25, 0.3) is 0 Å². The van der Waals surface area contributed by atoms with E-state index in [0.29, 0.717) is 11.8 Å². The van der Waals surface area contributed by atoms with Crippen molar-refractivity contribution >= 4 is 17.4 Å². The Morgan fingerprint density at radius 1 is 1.15 bits per heavy atom. The maximum Gasteiger partial charge on any atom is 0.134 e. The van der Waals surface area contributed by atoms with Gasteiger partial charge < -0.3 is 10.0 Å². The fourth-order valence-corrected chi connectivity index (χ4v) is 2.72. The van der Waals surface area contributed by atoms with Gasteiger partial charge in [-0.1, -0.05) is 11.6 Å². The molecule has 0 saturated carbocycles. The molecule has 6 heteroatoms. The topological polar surface area (TPSA) is 52.5 Å². The molecular weight excluding hydrogens is 276 g/mol. The standard InChI is InChI=1S/C14H23ClN4O/c1-12-16-13(15)11-14(17-12)19-8-6-18(7-9-19)5-3-2-4-10-20/h11,20H,2-10H2,1H3. The molecule has 0 bridgehead atoms. The van der Waals surface area contributed by atoms with Crippen molar-refractivity contribution in [3.8, 4) is 0 Å². The molecule has 2 rings (SSSR count). The molecule has 0 atom stereocenters. The lowest BCUT2D eigenvalue weighted by Gasteiger charge is -2.35. The number of rotatable bonds is 6. The van der Waals surface area contributed by atoms with Crippen molar-refractivity contribution in [2.24, 2.45) is 0 Å². The molecular formula is C14H23ClN4O. The zero-order valence-corrected chi connectivity index (χ0v) is 12.8. The number of anilines is 1. The lowest BCUT2D eigenvalue weighted by atomic mass is 10.2. The molecule has 112 valence electrons. The Kier molecular flexibility index (Phi) is 6.01. The highest BCUT2D eigenvalue weighted by Crippen LogP contribution is 2.17. The van der Waals surface area contributed by atoms with E-state index in [1.165, 1.54) is 6.42 Å². The molecule has 0 aliphatic carbocycles. The van der Waals surface area contributed by atoms with Crippen LogP contribution in [0.15, 0.2) is 6.07 Å². The van der Waals surface area contributed by atoms with Crippen molar-refractivity contribution in [1.82, 2.24) is 14.9 Å². The molecule has 1 aromatic rings. The summed E-state index contributed by atoms with van der Waals surface area (Å²) >= 11 is 5.99. The summed E-state index contributed by atoms with van der Waals surface area (Å²) in [5, 5.41) is 9.28. The first kappa shape index (κ1) is 15.5. The van der Waals surface area contributed by atoms with Gasteiger partial charge in [-0.05, 0) is 32.7 Å². The fourth-order valence-electron chi connectivity index (χ4n) is 2.50. The number of hydrogen-bond donors (Lipinski definition) is 1. The smallest absolute Gasteiger partial charge is 0.134 e. The minimum Gasteiger partial charge on any atom is -0.396 e. The van der Waals surface area contributed by atoms with Crippen LogP contribution in [0.4, 0.5) is 5.82 Å². The van der Waals surface area contributed by atoms with Crippen LogP contribution >= 0.6 is 11.6 Å². The number of halogens is 1. The molecule has 20 heavy (non-hydrogen) atoms. The van der Waals surface area contributed by atoms with Gasteiger partial charge in [-0.3, -0.25) is 4.90 Å². The number of piperazine rings is 1. The van der Waals surface area contributed by atoms with E-state index >= 15 is 0 Å². The molecule has 1 saturated heterocycles. The molecule has 0 radical (unpaired) electrons. The van der Waals surface area contributed by atoms with Gasteiger partial charge >= 0.3 is 0 Å². The largest absolute Gasteiger partial charge is 0.396 e. The van der Waals surface area contributed by atoms with Crippen LogP contribution in [-0.2, 0) is 0 Å². The van der Waals surface area contributed by atoms with E-state index in [9.17, 15) is 0 Å². The zero-order chi connectivity index (χ0) is 14.4. The number of aliphatic hydroxyl groups is 1. The molecule has 0 spiro atoms. The van der Waals surface area contributed by atoms with Gasteiger partial charge in [0.15, 0.2) is 0 Å². The van der Waals surface area contributed by atoms with E-state index in [2.05, 4.69) is 19.8 Å². The van der Waals surface area contributed by atoms with Crippen LogP contribution in [0.2, 0.25) is 5.15 Å². The Hall–Kier alpha value is -0.910. The first-order valence-electron chi connectivity index (χ1n) is 7.28. The second-order valence-corrected chi connectivity index (χ2v) is 5.60. The summed E-state index contributed by atoms with van der Waals surface area (Å²) in [5.74, 6) is 1.65. The monoisotopic (exact) mass is 298 g/mol. The molecule has 5 nitrogen and oxygen atoms in total. The number of aryl methyl sites for hydroxylation is 1. The average Bonchev–Trinajstić information content (AvgIpc) is 2.43. The normalized spacial score (nSPS) is 16.6. The van der Waals surface area contributed by atoms with Crippen molar-refractivity contribution in [3.63, 3.8) is 0 Å². The number of aromatic nitrogens is 2. The maximum atomic E-state index is 8.77. The summed E-state index contributed by atoms with van der Waals surface area (Å²) in [4.78, 5) is 13.3. The van der Waals surface area contributed by atoms with Crippen molar-refractivity contribution in [2.45, 2.75) is 26.2 Å². The Bertz CT molecular complexity index is 401. The van der Waals surface area contributed by atoms with E-state index in [-0.39, 0.29) is 0 Å². The summed E-state index contributed by atoms with van der Waals surface area (Å²) in [6.07, 6.45) is 3.19. The van der Waals surface area contributed by atoms with E-state index in [4.69, 9.17) is 16.7 Å². The van der Waals surface area contributed by atoms with Crippen LogP contribution in [0.3, 0.4) is 0 Å². The second-order valence-electron chi connectivity index (χ2n) is 5.21. The predicted molar refractivity (Wildman–Crippen MR) is 81.4 cm³/mol. The third-order valence-corrected chi connectivity index (χ3v) is 3.82. The zero-order valence-electron chi connectivity index (χ0n) is 12.1. The van der Waals surface area contributed by atoms with E-state index in [1.807, 2.05) is 13.0 Å². The highest BCUT2D eigenvalue weighted by molar-refractivity contribution is 6.29. The summed E-state index contributed by atoms with van der Waals surface area (Å²) < 4.78 is 0. The molecule has 1 N–H and O–H groups in total. The maximum absolute atomic E-state index is 8.77. The lowest BCUT2D eigenvalue weighted by molar-refractivity contribution is 0.242. The van der Waals surface area contributed by atoms with Crippen LogP contribution < -0.4 is 4.90 Å². The quantitative estimate of drug-likeness (QED) is 0.640. The Labute approximate surface area is 125 Å². The molecule has 0 unspecified atom stereocenters. The first-order valence-corrected chi connectivity index (χ1v) is 7.66. The van der Waals surface area contributed by atoms with Crippen molar-refractivity contribution < 1.29 is 5.11 Å². The fraction of sp³-hybridized carbons (Fsp3) is 0.714. The number of aliphatic hydroxyl groups excluding tert-OH is 1. The summed E-state index contributed by atoms with van der Waals surface area (Å²) in [6.45, 7) is 7.37. The third-order valence-electron chi connectivity index (χ3n) is 3.62. The van der Waals surface area contributed by atoms with E-state index < -0.39 is 0 Å². The van der Waals surface area contributed by atoms with Crippen LogP contribution in [0.5, 0.6) is 0 Å². The highest BCUT2D eigenvalue weighted by atomic mass is 35.5. The highest BCUT2D eigenvalue weighted by Gasteiger charge is 2.18. The van der Waals surface area contributed by atoms with E-state index in [0.717, 1.165) is 57.2 Å². The van der Waals surface area contributed by atoms with Crippen LogP contribution in [0.25, 0.3) is 0 Å². The van der Waals surface area contributed by atoms with Crippen LogP contribution in [0, 0.1) is 6.92 Å². The SMILES string of the molecule is Cc1nc(Cl)cc(N2CCN(CCCCCO)CC2)n1. The minimum atomic E-state index is 0.307. The predicted octanol–water partition coefficient (Wildman–Crippen LogP) is 1.72. The van der Waals surface area contributed by atoms with Gasteiger partial charge in [0.05, 0.1) is 0 Å². The molecule has 0 amide bonds. The van der Waals surface area contributed by atoms with Gasteiger partial charge in [0.1, 0.15) is 16.8 Å². The Morgan fingerprint density at radius 2 is 1.90 bits per heavy atom. The van der Waals surface area contributed by atoms with Gasteiger partial charge in [0.2, 0.25) is 0 Å². The summed E-state index contributed by atoms with van der Waals surface area (Å²) in [5.41, 5.74) is 0. The van der Waals surface area contributed by atoms with Crippen molar-refractivity contribution in [1.29, 1.82) is 0 Å². The van der Waals surface area contributed by atoms with Crippen LogP contribution in [-0.4, -0.2) is 59.3 Å². The third kappa shape index (κ3) is 4.58. The van der Waals surface area contributed by atoms with Gasteiger partial charge in [-0.2, -0.15) is 0 Å². The van der Waals surface area contributed by atoms with Crippen molar-refractivity contribution in [2.75, 3.05) is 44.2 Å². The van der Waals surface area contributed by atoms with Gasteiger partial charge in [-0.25, -0.2) is 9.97 Å². The first-order chi connectivity index (χ1) is 9.69. The molecule has 1 aromatic heterocycles. The molecule has 1 aliphatic heterocycles. The minimum absolute atomic E-state index is 0.307. The molecule has 2 heterocycles. The number of unbranched alkanes of at least 4 members (excludes halogenated alkanes) is 2. The Balaban J connectivity index is 1.79. The number of nitrogens with zero attached hydrogens (tertiary/aromatic N) is 4. The van der Waals surface area contributed by atoms with Gasteiger partial charge in [0, 0.05) is 38.9 Å². The number of hydrogen-bond acceptors (Lipinski definition) is 5. The molecule has 1 aliphatic rings.